The number of rotatable bonds is 5. The maximum Gasteiger partial charge on any atom is 0.254 e. The lowest BCUT2D eigenvalue weighted by molar-refractivity contribution is 0.0654. The molecule has 0 aliphatic rings. The van der Waals surface area contributed by atoms with Gasteiger partial charge in [0.25, 0.3) is 5.91 Å². The molecule has 5 heteroatoms. The number of amides is 1. The largest absolute Gasteiger partial charge is 0.394 e. The second-order valence-corrected chi connectivity index (χ2v) is 5.23. The van der Waals surface area contributed by atoms with Crippen LogP contribution in [0.25, 0.3) is 10.9 Å². The number of nitrogens with one attached hydrogen (secondary N) is 1. The SMILES string of the molecule is CCC(CO)(CO)NC(=O)c1cccc2ccc(C)nc12. The van der Waals surface area contributed by atoms with E-state index in [9.17, 15) is 15.0 Å². The van der Waals surface area contributed by atoms with Crippen LogP contribution in [-0.4, -0.2) is 39.9 Å². The quantitative estimate of drug-likeness (QED) is 0.777. The number of aromatic nitrogens is 1. The molecule has 21 heavy (non-hydrogen) atoms. The lowest BCUT2D eigenvalue weighted by atomic mass is 9.97. The van der Waals surface area contributed by atoms with Crippen molar-refractivity contribution in [3.8, 4) is 0 Å². The molecule has 1 aromatic carbocycles. The predicted molar refractivity (Wildman–Crippen MR) is 81.1 cm³/mol. The van der Waals surface area contributed by atoms with Gasteiger partial charge in [0.2, 0.25) is 0 Å². The fraction of sp³-hybridized carbons (Fsp3) is 0.375. The second-order valence-electron chi connectivity index (χ2n) is 5.23. The van der Waals surface area contributed by atoms with Crippen molar-refractivity contribution < 1.29 is 15.0 Å². The number of carbonyl (C=O) groups excluding carboxylic acids is 1. The molecule has 5 nitrogen and oxygen atoms in total. The van der Waals surface area contributed by atoms with E-state index in [0.29, 0.717) is 17.5 Å². The molecule has 0 bridgehead atoms. The Hall–Kier alpha value is -1.98. The molecule has 0 unspecified atom stereocenters. The summed E-state index contributed by atoms with van der Waals surface area (Å²) in [6.07, 6.45) is 0.433. The van der Waals surface area contributed by atoms with Crippen LogP contribution >= 0.6 is 0 Å². The van der Waals surface area contributed by atoms with Gasteiger partial charge in [-0.3, -0.25) is 9.78 Å². The maximum atomic E-state index is 12.5. The van der Waals surface area contributed by atoms with Gasteiger partial charge in [0.15, 0.2) is 0 Å². The van der Waals surface area contributed by atoms with Gasteiger partial charge in [0, 0.05) is 11.1 Å². The Morgan fingerprint density at radius 2 is 1.95 bits per heavy atom. The zero-order valence-corrected chi connectivity index (χ0v) is 12.3. The van der Waals surface area contributed by atoms with Crippen molar-refractivity contribution in [1.82, 2.24) is 10.3 Å². The minimum absolute atomic E-state index is 0.317. The van der Waals surface area contributed by atoms with Crippen molar-refractivity contribution in [1.29, 1.82) is 0 Å². The average molecular weight is 288 g/mol. The standard InChI is InChI=1S/C16H20N2O3/c1-3-16(9-19,10-20)18-15(21)13-6-4-5-12-8-7-11(2)17-14(12)13/h4-8,19-20H,3,9-10H2,1-2H3,(H,18,21). The molecule has 0 spiro atoms. The van der Waals surface area contributed by atoms with Crippen LogP contribution < -0.4 is 5.32 Å². The van der Waals surface area contributed by atoms with Crippen molar-refractivity contribution in [3.63, 3.8) is 0 Å². The van der Waals surface area contributed by atoms with Gasteiger partial charge in [-0.25, -0.2) is 0 Å². The highest BCUT2D eigenvalue weighted by atomic mass is 16.3. The number of carbonyl (C=O) groups is 1. The number of aliphatic hydroxyl groups excluding tert-OH is 2. The highest BCUT2D eigenvalue weighted by Gasteiger charge is 2.29. The van der Waals surface area contributed by atoms with E-state index in [1.165, 1.54) is 0 Å². The molecule has 2 aromatic rings. The number of aryl methyl sites for hydroxylation is 1. The van der Waals surface area contributed by atoms with Crippen molar-refractivity contribution >= 4 is 16.8 Å². The molecular weight excluding hydrogens is 268 g/mol. The molecule has 1 aromatic heterocycles. The van der Waals surface area contributed by atoms with Gasteiger partial charge in [0.1, 0.15) is 0 Å². The molecule has 0 atom stereocenters. The first-order valence-electron chi connectivity index (χ1n) is 6.96. The smallest absolute Gasteiger partial charge is 0.254 e. The average Bonchev–Trinajstić information content (AvgIpc) is 2.52. The zero-order valence-electron chi connectivity index (χ0n) is 12.3. The third-order valence-corrected chi connectivity index (χ3v) is 3.76. The van der Waals surface area contributed by atoms with E-state index in [2.05, 4.69) is 10.3 Å². The van der Waals surface area contributed by atoms with Gasteiger partial charge in [0.05, 0.1) is 29.8 Å². The highest BCUT2D eigenvalue weighted by Crippen LogP contribution is 2.19. The van der Waals surface area contributed by atoms with Gasteiger partial charge in [-0.1, -0.05) is 25.1 Å². The third kappa shape index (κ3) is 3.04. The number of nitrogens with zero attached hydrogens (tertiary/aromatic N) is 1. The van der Waals surface area contributed by atoms with Crippen LogP contribution in [-0.2, 0) is 0 Å². The summed E-state index contributed by atoms with van der Waals surface area (Å²) in [6, 6.07) is 9.18. The Morgan fingerprint density at radius 1 is 1.24 bits per heavy atom. The number of aliphatic hydroxyl groups is 2. The van der Waals surface area contributed by atoms with Gasteiger partial charge < -0.3 is 15.5 Å². The molecule has 0 radical (unpaired) electrons. The Balaban J connectivity index is 2.42. The van der Waals surface area contributed by atoms with Crippen molar-refractivity contribution in [2.75, 3.05) is 13.2 Å². The summed E-state index contributed by atoms with van der Waals surface area (Å²) >= 11 is 0. The van der Waals surface area contributed by atoms with E-state index in [1.807, 2.05) is 25.1 Å². The fourth-order valence-corrected chi connectivity index (χ4v) is 2.18. The molecule has 0 aliphatic carbocycles. The summed E-state index contributed by atoms with van der Waals surface area (Å²) in [5, 5.41) is 22.5. The van der Waals surface area contributed by atoms with Gasteiger partial charge in [-0.05, 0) is 25.5 Å². The summed E-state index contributed by atoms with van der Waals surface area (Å²) in [5.41, 5.74) is 0.879. The van der Waals surface area contributed by atoms with E-state index >= 15 is 0 Å². The minimum Gasteiger partial charge on any atom is -0.394 e. The van der Waals surface area contributed by atoms with Crippen LogP contribution in [0.1, 0.15) is 29.4 Å². The monoisotopic (exact) mass is 288 g/mol. The van der Waals surface area contributed by atoms with Crippen LogP contribution in [0.5, 0.6) is 0 Å². The van der Waals surface area contributed by atoms with E-state index in [1.54, 1.807) is 19.1 Å². The van der Waals surface area contributed by atoms with Gasteiger partial charge in [-0.2, -0.15) is 0 Å². The van der Waals surface area contributed by atoms with Crippen LogP contribution in [0.3, 0.4) is 0 Å². The molecular formula is C16H20N2O3. The summed E-state index contributed by atoms with van der Waals surface area (Å²) in [7, 11) is 0. The Bertz CT molecular complexity index is 643. The summed E-state index contributed by atoms with van der Waals surface area (Å²) in [4.78, 5) is 16.9. The molecule has 0 saturated carbocycles. The normalized spacial score (nSPS) is 11.6. The fourth-order valence-electron chi connectivity index (χ4n) is 2.18. The summed E-state index contributed by atoms with van der Waals surface area (Å²) in [6.45, 7) is 3.04. The lowest BCUT2D eigenvalue weighted by Crippen LogP contribution is -2.53. The molecule has 0 fully saturated rings. The lowest BCUT2D eigenvalue weighted by Gasteiger charge is -2.29. The molecule has 0 aliphatic heterocycles. The molecule has 112 valence electrons. The second kappa shape index (κ2) is 6.20. The van der Waals surface area contributed by atoms with Crippen molar-refractivity contribution in [3.05, 3.63) is 41.6 Å². The Kier molecular flexibility index (Phi) is 4.55. The number of pyridine rings is 1. The van der Waals surface area contributed by atoms with E-state index < -0.39 is 5.54 Å². The van der Waals surface area contributed by atoms with Crippen LogP contribution in [0, 0.1) is 6.92 Å². The molecule has 0 saturated heterocycles. The maximum absolute atomic E-state index is 12.5. The molecule has 1 amide bonds. The molecule has 1 heterocycles. The zero-order chi connectivity index (χ0) is 15.5. The first-order valence-corrected chi connectivity index (χ1v) is 6.96. The van der Waals surface area contributed by atoms with Crippen LogP contribution in [0.15, 0.2) is 30.3 Å². The topological polar surface area (TPSA) is 82.5 Å². The molecule has 2 rings (SSSR count). The number of para-hydroxylation sites is 1. The van der Waals surface area contributed by atoms with Crippen molar-refractivity contribution in [2.24, 2.45) is 0 Å². The Labute approximate surface area is 123 Å². The van der Waals surface area contributed by atoms with Crippen LogP contribution in [0.2, 0.25) is 0 Å². The number of fused-ring (bicyclic) bond motifs is 1. The summed E-state index contributed by atoms with van der Waals surface area (Å²) < 4.78 is 0. The Morgan fingerprint density at radius 3 is 2.57 bits per heavy atom. The summed E-state index contributed by atoms with van der Waals surface area (Å²) in [5.74, 6) is -0.344. The first-order chi connectivity index (χ1) is 10.0. The molecule has 3 N–H and O–H groups in total. The first kappa shape index (κ1) is 15.4. The third-order valence-electron chi connectivity index (χ3n) is 3.76. The minimum atomic E-state index is -1.01. The van der Waals surface area contributed by atoms with Crippen LogP contribution in [0.4, 0.5) is 0 Å². The number of hydrogen-bond acceptors (Lipinski definition) is 4. The number of benzene rings is 1. The highest BCUT2D eigenvalue weighted by molar-refractivity contribution is 6.05. The van der Waals surface area contributed by atoms with E-state index in [4.69, 9.17) is 0 Å². The van der Waals surface area contributed by atoms with Crippen molar-refractivity contribution in [2.45, 2.75) is 25.8 Å². The predicted octanol–water partition coefficient (Wildman–Crippen LogP) is 1.41. The number of hydrogen-bond donors (Lipinski definition) is 3. The van der Waals surface area contributed by atoms with E-state index in [0.717, 1.165) is 11.1 Å². The van der Waals surface area contributed by atoms with E-state index in [-0.39, 0.29) is 19.1 Å². The van der Waals surface area contributed by atoms with Gasteiger partial charge in [-0.15, -0.1) is 0 Å². The van der Waals surface area contributed by atoms with Gasteiger partial charge >= 0.3 is 0 Å².